The summed E-state index contributed by atoms with van der Waals surface area (Å²) in [6.07, 6.45) is 0.300. The zero-order valence-corrected chi connectivity index (χ0v) is 11.2. The van der Waals surface area contributed by atoms with E-state index >= 15 is 0 Å². The highest BCUT2D eigenvalue weighted by Crippen LogP contribution is 2.13. The molecule has 1 rings (SSSR count). The molecule has 0 aliphatic heterocycles. The normalized spacial score (nSPS) is 12.3. The van der Waals surface area contributed by atoms with Crippen LogP contribution < -0.4 is 5.32 Å². The molecule has 1 aromatic rings. The molecule has 1 amide bonds. The van der Waals surface area contributed by atoms with Crippen molar-refractivity contribution in [1.82, 2.24) is 5.32 Å². The summed E-state index contributed by atoms with van der Waals surface area (Å²) in [6, 6.07) is 3.44. The molecule has 0 saturated carbocycles. The number of halogens is 1. The van der Waals surface area contributed by atoms with Gasteiger partial charge in [0.15, 0.2) is 0 Å². The zero-order chi connectivity index (χ0) is 14.6. The van der Waals surface area contributed by atoms with Crippen molar-refractivity contribution < 1.29 is 19.1 Å². The molecule has 104 valence electrons. The Balaban J connectivity index is 2.88. The number of hydrogen-bond donors (Lipinski definition) is 2. The summed E-state index contributed by atoms with van der Waals surface area (Å²) in [6.45, 7) is 5.26. The van der Waals surface area contributed by atoms with Crippen LogP contribution in [0.15, 0.2) is 18.2 Å². The first kappa shape index (κ1) is 15.1. The Kier molecular flexibility index (Phi) is 5.03. The summed E-state index contributed by atoms with van der Waals surface area (Å²) in [7, 11) is 0. The molecule has 0 aliphatic rings. The summed E-state index contributed by atoms with van der Waals surface area (Å²) in [5.74, 6) is -2.32. The highest BCUT2D eigenvalue weighted by atomic mass is 19.1. The Morgan fingerprint density at radius 3 is 2.53 bits per heavy atom. The summed E-state index contributed by atoms with van der Waals surface area (Å²) >= 11 is 0. The van der Waals surface area contributed by atoms with Crippen molar-refractivity contribution in [3.05, 3.63) is 35.1 Å². The van der Waals surface area contributed by atoms with Crippen LogP contribution in [0, 0.1) is 18.7 Å². The van der Waals surface area contributed by atoms with Crippen molar-refractivity contribution in [3.63, 3.8) is 0 Å². The highest BCUT2D eigenvalue weighted by Gasteiger charge is 2.23. The molecule has 19 heavy (non-hydrogen) atoms. The molecule has 5 heteroatoms. The number of nitrogens with one attached hydrogen (secondary N) is 1. The van der Waals surface area contributed by atoms with E-state index in [4.69, 9.17) is 5.11 Å². The number of carbonyl (C=O) groups is 2. The standard InChI is InChI=1S/C14H18FNO3/c1-8(2)7-11(14(18)19)16-13(17)10-6-4-5-9(3)12(10)15/h4-6,8,11H,7H2,1-3H3,(H,16,17)(H,18,19). The first-order valence-electron chi connectivity index (χ1n) is 6.11. The maximum atomic E-state index is 13.8. The van der Waals surface area contributed by atoms with Gasteiger partial charge in [0.1, 0.15) is 11.9 Å². The predicted molar refractivity (Wildman–Crippen MR) is 69.5 cm³/mol. The smallest absolute Gasteiger partial charge is 0.326 e. The maximum Gasteiger partial charge on any atom is 0.326 e. The van der Waals surface area contributed by atoms with E-state index in [0.29, 0.717) is 12.0 Å². The van der Waals surface area contributed by atoms with Gasteiger partial charge in [-0.05, 0) is 30.9 Å². The van der Waals surface area contributed by atoms with Crippen molar-refractivity contribution in [3.8, 4) is 0 Å². The Morgan fingerprint density at radius 2 is 2.00 bits per heavy atom. The average molecular weight is 267 g/mol. The molecule has 0 radical (unpaired) electrons. The van der Waals surface area contributed by atoms with E-state index in [1.165, 1.54) is 6.07 Å². The fraction of sp³-hybridized carbons (Fsp3) is 0.429. The Labute approximate surface area is 111 Å². The lowest BCUT2D eigenvalue weighted by molar-refractivity contribution is -0.139. The fourth-order valence-electron chi connectivity index (χ4n) is 1.75. The quantitative estimate of drug-likeness (QED) is 0.860. The first-order chi connectivity index (χ1) is 8.82. The SMILES string of the molecule is Cc1cccc(C(=O)NC(CC(C)C)C(=O)O)c1F. The van der Waals surface area contributed by atoms with Crippen LogP contribution in [0.3, 0.4) is 0 Å². The summed E-state index contributed by atoms with van der Waals surface area (Å²) in [5, 5.41) is 11.4. The van der Waals surface area contributed by atoms with Crippen molar-refractivity contribution in [2.45, 2.75) is 33.2 Å². The molecule has 0 aliphatic carbocycles. The predicted octanol–water partition coefficient (Wildman–Crippen LogP) is 2.36. The molecule has 1 unspecified atom stereocenters. The molecule has 0 spiro atoms. The van der Waals surface area contributed by atoms with Crippen LogP contribution in [0.1, 0.15) is 36.2 Å². The number of carboxylic acids is 1. The number of aliphatic carboxylic acids is 1. The van der Waals surface area contributed by atoms with Gasteiger partial charge in [0.05, 0.1) is 5.56 Å². The number of benzene rings is 1. The third kappa shape index (κ3) is 4.05. The lowest BCUT2D eigenvalue weighted by atomic mass is 10.0. The molecular formula is C14H18FNO3. The van der Waals surface area contributed by atoms with E-state index in [0.717, 1.165) is 0 Å². The second kappa shape index (κ2) is 6.31. The van der Waals surface area contributed by atoms with Crippen LogP contribution in [-0.4, -0.2) is 23.0 Å². The number of aryl methyl sites for hydroxylation is 1. The zero-order valence-electron chi connectivity index (χ0n) is 11.2. The number of carbonyl (C=O) groups excluding carboxylic acids is 1. The van der Waals surface area contributed by atoms with E-state index in [-0.39, 0.29) is 11.5 Å². The molecule has 4 nitrogen and oxygen atoms in total. The molecule has 0 heterocycles. The lowest BCUT2D eigenvalue weighted by Crippen LogP contribution is -2.42. The molecule has 1 aromatic carbocycles. The van der Waals surface area contributed by atoms with Gasteiger partial charge < -0.3 is 10.4 Å². The van der Waals surface area contributed by atoms with Crippen molar-refractivity contribution in [2.75, 3.05) is 0 Å². The number of hydrogen-bond acceptors (Lipinski definition) is 2. The van der Waals surface area contributed by atoms with Crippen molar-refractivity contribution in [1.29, 1.82) is 0 Å². The Bertz CT molecular complexity index is 486. The van der Waals surface area contributed by atoms with E-state index in [1.54, 1.807) is 19.1 Å². The largest absolute Gasteiger partial charge is 0.480 e. The third-order valence-corrected chi connectivity index (χ3v) is 2.75. The maximum absolute atomic E-state index is 13.8. The van der Waals surface area contributed by atoms with Crippen LogP contribution in [0.25, 0.3) is 0 Å². The molecular weight excluding hydrogens is 249 g/mol. The molecule has 2 N–H and O–H groups in total. The Morgan fingerprint density at radius 1 is 1.37 bits per heavy atom. The minimum absolute atomic E-state index is 0.115. The Hall–Kier alpha value is -1.91. The topological polar surface area (TPSA) is 66.4 Å². The van der Waals surface area contributed by atoms with Gasteiger partial charge in [0.25, 0.3) is 5.91 Å². The minimum atomic E-state index is -1.12. The second-order valence-corrected chi connectivity index (χ2v) is 4.93. The molecule has 0 saturated heterocycles. The summed E-state index contributed by atoms with van der Waals surface area (Å²) < 4.78 is 13.8. The summed E-state index contributed by atoms with van der Waals surface area (Å²) in [5.41, 5.74) is 0.221. The van der Waals surface area contributed by atoms with Crippen LogP contribution in [0.5, 0.6) is 0 Å². The van der Waals surface area contributed by atoms with Gasteiger partial charge in [0.2, 0.25) is 0 Å². The van der Waals surface area contributed by atoms with Crippen molar-refractivity contribution in [2.24, 2.45) is 5.92 Å². The third-order valence-electron chi connectivity index (χ3n) is 2.75. The highest BCUT2D eigenvalue weighted by molar-refractivity contribution is 5.97. The van der Waals surface area contributed by atoms with E-state index in [9.17, 15) is 14.0 Å². The van der Waals surface area contributed by atoms with Gasteiger partial charge in [-0.3, -0.25) is 4.79 Å². The van der Waals surface area contributed by atoms with Crippen LogP contribution in [0.2, 0.25) is 0 Å². The van der Waals surface area contributed by atoms with Gasteiger partial charge in [0, 0.05) is 0 Å². The first-order valence-corrected chi connectivity index (χ1v) is 6.11. The second-order valence-electron chi connectivity index (χ2n) is 4.93. The number of carboxylic acid groups (broad SMARTS) is 1. The van der Waals surface area contributed by atoms with Crippen molar-refractivity contribution >= 4 is 11.9 Å². The minimum Gasteiger partial charge on any atom is -0.480 e. The summed E-state index contributed by atoms with van der Waals surface area (Å²) in [4.78, 5) is 22.9. The van der Waals surface area contributed by atoms with E-state index in [1.807, 2.05) is 13.8 Å². The van der Waals surface area contributed by atoms with Crippen LogP contribution in [0.4, 0.5) is 4.39 Å². The van der Waals surface area contributed by atoms with Crippen LogP contribution in [-0.2, 0) is 4.79 Å². The lowest BCUT2D eigenvalue weighted by Gasteiger charge is -2.16. The average Bonchev–Trinajstić information content (AvgIpc) is 2.31. The molecule has 1 atom stereocenters. The van der Waals surface area contributed by atoms with Gasteiger partial charge in [-0.15, -0.1) is 0 Å². The van der Waals surface area contributed by atoms with Gasteiger partial charge in [-0.1, -0.05) is 26.0 Å². The van der Waals surface area contributed by atoms with Crippen LogP contribution >= 0.6 is 0 Å². The van der Waals surface area contributed by atoms with Gasteiger partial charge in [-0.2, -0.15) is 0 Å². The van der Waals surface area contributed by atoms with E-state index in [2.05, 4.69) is 5.32 Å². The number of rotatable bonds is 5. The number of amides is 1. The molecule has 0 bridgehead atoms. The van der Waals surface area contributed by atoms with Gasteiger partial charge >= 0.3 is 5.97 Å². The van der Waals surface area contributed by atoms with E-state index < -0.39 is 23.7 Å². The van der Waals surface area contributed by atoms with Gasteiger partial charge in [-0.25, -0.2) is 9.18 Å². The monoisotopic (exact) mass is 267 g/mol. The molecule has 0 fully saturated rings. The fourth-order valence-corrected chi connectivity index (χ4v) is 1.75. The molecule has 0 aromatic heterocycles.